The molecule has 13 heavy (non-hydrogen) atoms. The van der Waals surface area contributed by atoms with Gasteiger partial charge in [0.05, 0.1) is 17.6 Å². The Bertz CT molecular complexity index is 419. The molecule has 0 saturated carbocycles. The van der Waals surface area contributed by atoms with Crippen molar-refractivity contribution in [3.8, 4) is 11.4 Å². The van der Waals surface area contributed by atoms with E-state index in [4.69, 9.17) is 5.73 Å². The fourth-order valence-corrected chi connectivity index (χ4v) is 1.15. The van der Waals surface area contributed by atoms with Crippen LogP contribution in [0.1, 0.15) is 5.82 Å². The van der Waals surface area contributed by atoms with E-state index < -0.39 is 0 Å². The quantitative estimate of drug-likeness (QED) is 0.686. The molecule has 0 aliphatic rings. The molecule has 66 valence electrons. The third kappa shape index (κ3) is 1.51. The highest BCUT2D eigenvalue weighted by atomic mass is 14.9. The summed E-state index contributed by atoms with van der Waals surface area (Å²) in [4.78, 5) is 11.3. The molecule has 0 fully saturated rings. The second kappa shape index (κ2) is 2.90. The molecule has 2 heterocycles. The van der Waals surface area contributed by atoms with E-state index in [0.29, 0.717) is 5.82 Å². The third-order valence-electron chi connectivity index (χ3n) is 1.75. The number of nitrogens with two attached hydrogens (primary N) is 1. The second-order valence-electron chi connectivity index (χ2n) is 2.83. The molecule has 0 saturated heterocycles. The van der Waals surface area contributed by atoms with Gasteiger partial charge in [0.15, 0.2) is 0 Å². The Morgan fingerprint density at radius 2 is 2.23 bits per heavy atom. The van der Waals surface area contributed by atoms with Crippen molar-refractivity contribution >= 4 is 5.82 Å². The van der Waals surface area contributed by atoms with Crippen molar-refractivity contribution in [2.24, 2.45) is 0 Å². The number of H-pyrrole nitrogens is 1. The summed E-state index contributed by atoms with van der Waals surface area (Å²) in [7, 11) is 0. The van der Waals surface area contributed by atoms with Crippen LogP contribution in [-0.4, -0.2) is 15.0 Å². The van der Waals surface area contributed by atoms with Crippen molar-refractivity contribution in [2.45, 2.75) is 6.92 Å². The maximum absolute atomic E-state index is 5.56. The molecular formula is C9H10N4. The summed E-state index contributed by atoms with van der Waals surface area (Å²) in [5.74, 6) is 1.39. The molecule has 0 atom stereocenters. The maximum Gasteiger partial charge on any atom is 0.124 e. The molecule has 2 rings (SSSR count). The number of nitrogen functional groups attached to an aromatic ring is 1. The number of aromatic nitrogens is 3. The van der Waals surface area contributed by atoms with Gasteiger partial charge in [-0.15, -0.1) is 0 Å². The molecule has 2 aromatic rings. The van der Waals surface area contributed by atoms with Crippen molar-refractivity contribution in [3.05, 3.63) is 30.2 Å². The Hall–Kier alpha value is -1.84. The van der Waals surface area contributed by atoms with E-state index in [1.807, 2.05) is 19.1 Å². The van der Waals surface area contributed by atoms with Gasteiger partial charge in [-0.05, 0) is 19.1 Å². The standard InChI is InChI=1S/C9H10N4/c1-6-11-5-8(12-6)7-3-2-4-9(10)13-7/h2-5H,1H3,(H2,10,13)(H,11,12). The Morgan fingerprint density at radius 1 is 1.38 bits per heavy atom. The molecule has 0 aromatic carbocycles. The Labute approximate surface area is 75.8 Å². The number of imidazole rings is 1. The maximum atomic E-state index is 5.56. The molecule has 4 heteroatoms. The fraction of sp³-hybridized carbons (Fsp3) is 0.111. The van der Waals surface area contributed by atoms with Gasteiger partial charge < -0.3 is 10.7 Å². The van der Waals surface area contributed by atoms with Gasteiger partial charge in [0.1, 0.15) is 11.6 Å². The number of pyridine rings is 1. The predicted molar refractivity (Wildman–Crippen MR) is 51.0 cm³/mol. The lowest BCUT2D eigenvalue weighted by atomic mass is 10.3. The van der Waals surface area contributed by atoms with E-state index in [0.717, 1.165) is 17.2 Å². The molecular weight excluding hydrogens is 164 g/mol. The highest BCUT2D eigenvalue weighted by molar-refractivity contribution is 5.55. The Morgan fingerprint density at radius 3 is 2.85 bits per heavy atom. The van der Waals surface area contributed by atoms with Gasteiger partial charge in [-0.3, -0.25) is 0 Å². The van der Waals surface area contributed by atoms with Gasteiger partial charge in [-0.1, -0.05) is 6.07 Å². The number of hydrogen-bond acceptors (Lipinski definition) is 3. The number of anilines is 1. The van der Waals surface area contributed by atoms with Crippen LogP contribution in [0.5, 0.6) is 0 Å². The highest BCUT2D eigenvalue weighted by Crippen LogP contribution is 2.14. The fourth-order valence-electron chi connectivity index (χ4n) is 1.15. The third-order valence-corrected chi connectivity index (χ3v) is 1.75. The van der Waals surface area contributed by atoms with Gasteiger partial charge in [0.2, 0.25) is 0 Å². The van der Waals surface area contributed by atoms with Crippen LogP contribution in [-0.2, 0) is 0 Å². The zero-order chi connectivity index (χ0) is 9.26. The summed E-state index contributed by atoms with van der Waals surface area (Å²) in [6, 6.07) is 5.52. The van der Waals surface area contributed by atoms with Crippen LogP contribution in [0.2, 0.25) is 0 Å². The molecule has 3 N–H and O–H groups in total. The minimum atomic E-state index is 0.518. The first kappa shape index (κ1) is 7.79. The lowest BCUT2D eigenvalue weighted by Gasteiger charge is -1.96. The second-order valence-corrected chi connectivity index (χ2v) is 2.83. The van der Waals surface area contributed by atoms with E-state index in [2.05, 4.69) is 15.0 Å². The first-order chi connectivity index (χ1) is 6.25. The molecule has 0 amide bonds. The van der Waals surface area contributed by atoms with Crippen LogP contribution in [0.15, 0.2) is 24.4 Å². The van der Waals surface area contributed by atoms with Crippen LogP contribution in [0.25, 0.3) is 11.4 Å². The van der Waals surface area contributed by atoms with Crippen LogP contribution in [0.3, 0.4) is 0 Å². The van der Waals surface area contributed by atoms with Crippen LogP contribution in [0, 0.1) is 6.92 Å². The monoisotopic (exact) mass is 174 g/mol. The first-order valence-corrected chi connectivity index (χ1v) is 4.00. The molecule has 0 unspecified atom stereocenters. The number of rotatable bonds is 1. The van der Waals surface area contributed by atoms with Gasteiger partial charge in [0.25, 0.3) is 0 Å². The topological polar surface area (TPSA) is 67.6 Å². The van der Waals surface area contributed by atoms with Crippen molar-refractivity contribution in [3.63, 3.8) is 0 Å². The highest BCUT2D eigenvalue weighted by Gasteiger charge is 2.01. The van der Waals surface area contributed by atoms with E-state index in [-0.39, 0.29) is 0 Å². The van der Waals surface area contributed by atoms with Crippen LogP contribution in [0.4, 0.5) is 5.82 Å². The minimum Gasteiger partial charge on any atom is -0.384 e. The molecule has 0 aliphatic carbocycles. The lowest BCUT2D eigenvalue weighted by molar-refractivity contribution is 1.15. The summed E-state index contributed by atoms with van der Waals surface area (Å²) < 4.78 is 0. The predicted octanol–water partition coefficient (Wildman–Crippen LogP) is 1.36. The number of nitrogens with zero attached hydrogens (tertiary/aromatic N) is 2. The average molecular weight is 174 g/mol. The average Bonchev–Trinajstić information content (AvgIpc) is 2.52. The lowest BCUT2D eigenvalue weighted by Crippen LogP contribution is -1.91. The van der Waals surface area contributed by atoms with E-state index >= 15 is 0 Å². The SMILES string of the molecule is Cc1ncc(-c2cccc(N)n2)[nH]1. The van der Waals surface area contributed by atoms with Gasteiger partial charge in [0, 0.05) is 0 Å². The van der Waals surface area contributed by atoms with E-state index in [1.54, 1.807) is 12.3 Å². The number of aromatic amines is 1. The van der Waals surface area contributed by atoms with Crippen molar-refractivity contribution < 1.29 is 0 Å². The number of hydrogen-bond donors (Lipinski definition) is 2. The molecule has 0 aliphatic heterocycles. The normalized spacial score (nSPS) is 10.2. The van der Waals surface area contributed by atoms with Gasteiger partial charge in [-0.25, -0.2) is 9.97 Å². The summed E-state index contributed by atoms with van der Waals surface area (Å²) in [6.07, 6.45) is 1.75. The summed E-state index contributed by atoms with van der Waals surface area (Å²) in [5.41, 5.74) is 7.27. The van der Waals surface area contributed by atoms with Crippen LogP contribution >= 0.6 is 0 Å². The van der Waals surface area contributed by atoms with Gasteiger partial charge in [-0.2, -0.15) is 0 Å². The largest absolute Gasteiger partial charge is 0.384 e. The zero-order valence-electron chi connectivity index (χ0n) is 7.28. The summed E-state index contributed by atoms with van der Waals surface area (Å²) >= 11 is 0. The number of nitrogens with one attached hydrogen (secondary N) is 1. The smallest absolute Gasteiger partial charge is 0.124 e. The zero-order valence-corrected chi connectivity index (χ0v) is 7.28. The molecule has 4 nitrogen and oxygen atoms in total. The summed E-state index contributed by atoms with van der Waals surface area (Å²) in [5, 5.41) is 0. The molecule has 0 bridgehead atoms. The first-order valence-electron chi connectivity index (χ1n) is 4.00. The minimum absolute atomic E-state index is 0.518. The van der Waals surface area contributed by atoms with Crippen molar-refractivity contribution in [1.82, 2.24) is 15.0 Å². The molecule has 0 radical (unpaired) electrons. The van der Waals surface area contributed by atoms with E-state index in [9.17, 15) is 0 Å². The van der Waals surface area contributed by atoms with Crippen molar-refractivity contribution in [1.29, 1.82) is 0 Å². The summed E-state index contributed by atoms with van der Waals surface area (Å²) in [6.45, 7) is 1.90. The van der Waals surface area contributed by atoms with Crippen LogP contribution < -0.4 is 5.73 Å². The number of aryl methyl sites for hydroxylation is 1. The van der Waals surface area contributed by atoms with Crippen molar-refractivity contribution in [2.75, 3.05) is 5.73 Å². The Kier molecular flexibility index (Phi) is 1.73. The Balaban J connectivity index is 2.46. The van der Waals surface area contributed by atoms with E-state index in [1.165, 1.54) is 0 Å². The molecule has 0 spiro atoms. The molecule has 2 aromatic heterocycles. The van der Waals surface area contributed by atoms with Gasteiger partial charge >= 0.3 is 0 Å².